The molecule has 0 spiro atoms. The van der Waals surface area contributed by atoms with E-state index in [4.69, 9.17) is 9.26 Å². The van der Waals surface area contributed by atoms with E-state index in [0.717, 1.165) is 19.4 Å². The van der Waals surface area contributed by atoms with Gasteiger partial charge in [-0.15, -0.1) is 0 Å². The monoisotopic (exact) mass is 388 g/mol. The van der Waals surface area contributed by atoms with E-state index in [2.05, 4.69) is 15.0 Å². The number of likely N-dealkylation sites (tertiary alicyclic amines) is 1. The fourth-order valence-electron chi connectivity index (χ4n) is 3.87. The third-order valence-electron chi connectivity index (χ3n) is 5.35. The Labute approximate surface area is 163 Å². The minimum atomic E-state index is -0.269. The molecule has 2 fully saturated rings. The lowest BCUT2D eigenvalue weighted by Crippen LogP contribution is -2.48. The topological polar surface area (TPSA) is 71.7 Å². The molecule has 2 aliphatic heterocycles. The molecule has 28 heavy (non-hydrogen) atoms. The highest BCUT2D eigenvalue weighted by molar-refractivity contribution is 5.79. The summed E-state index contributed by atoms with van der Waals surface area (Å²) in [7, 11) is 0. The number of hydrogen-bond donors (Lipinski definition) is 0. The van der Waals surface area contributed by atoms with Crippen LogP contribution in [-0.4, -0.2) is 65.2 Å². The minimum Gasteiger partial charge on any atom is -0.378 e. The van der Waals surface area contributed by atoms with Gasteiger partial charge in [-0.2, -0.15) is 4.98 Å². The molecule has 4 rings (SSSR count). The zero-order chi connectivity index (χ0) is 19.3. The van der Waals surface area contributed by atoms with Crippen molar-refractivity contribution in [2.24, 2.45) is 5.92 Å². The molecule has 1 atom stereocenters. The number of morpholine rings is 1. The van der Waals surface area contributed by atoms with Crippen molar-refractivity contribution >= 4 is 5.91 Å². The first-order valence-corrected chi connectivity index (χ1v) is 9.83. The summed E-state index contributed by atoms with van der Waals surface area (Å²) >= 11 is 0. The molecule has 3 heterocycles. The van der Waals surface area contributed by atoms with Crippen molar-refractivity contribution < 1.29 is 18.4 Å². The number of hydrogen-bond acceptors (Lipinski definition) is 6. The third-order valence-corrected chi connectivity index (χ3v) is 5.35. The highest BCUT2D eigenvalue weighted by Crippen LogP contribution is 2.21. The molecule has 0 saturated carbocycles. The molecular formula is C20H25FN4O3. The number of piperidine rings is 1. The van der Waals surface area contributed by atoms with Crippen LogP contribution in [0.5, 0.6) is 0 Å². The highest BCUT2D eigenvalue weighted by atomic mass is 19.1. The molecule has 0 bridgehead atoms. The fraction of sp³-hybridized carbons (Fsp3) is 0.550. The summed E-state index contributed by atoms with van der Waals surface area (Å²) < 4.78 is 24.5. The predicted molar refractivity (Wildman–Crippen MR) is 98.9 cm³/mol. The quantitative estimate of drug-likeness (QED) is 0.779. The van der Waals surface area contributed by atoms with Crippen molar-refractivity contribution in [3.63, 3.8) is 0 Å². The zero-order valence-electron chi connectivity index (χ0n) is 15.8. The van der Waals surface area contributed by atoms with Crippen LogP contribution < -0.4 is 0 Å². The maximum atomic E-state index is 13.8. The number of ether oxygens (including phenoxy) is 1. The van der Waals surface area contributed by atoms with Crippen LogP contribution in [0, 0.1) is 11.7 Å². The predicted octanol–water partition coefficient (Wildman–Crippen LogP) is 1.87. The second kappa shape index (κ2) is 8.79. The number of amides is 1. The molecule has 0 unspecified atom stereocenters. The van der Waals surface area contributed by atoms with Gasteiger partial charge in [-0.25, -0.2) is 4.39 Å². The first-order valence-electron chi connectivity index (χ1n) is 9.83. The van der Waals surface area contributed by atoms with Crippen LogP contribution in [0.4, 0.5) is 4.39 Å². The Morgan fingerprint density at radius 2 is 2.04 bits per heavy atom. The maximum Gasteiger partial charge on any atom is 0.240 e. The Morgan fingerprint density at radius 1 is 1.21 bits per heavy atom. The van der Waals surface area contributed by atoms with Gasteiger partial charge in [0.2, 0.25) is 11.8 Å². The Bertz CT molecular complexity index is 806. The van der Waals surface area contributed by atoms with E-state index in [1.54, 1.807) is 18.2 Å². The summed E-state index contributed by atoms with van der Waals surface area (Å²) in [5.41, 5.74) is 0.545. The molecule has 1 amide bonds. The fourth-order valence-corrected chi connectivity index (χ4v) is 3.87. The van der Waals surface area contributed by atoms with E-state index in [9.17, 15) is 9.18 Å². The van der Waals surface area contributed by atoms with Crippen LogP contribution >= 0.6 is 0 Å². The highest BCUT2D eigenvalue weighted by Gasteiger charge is 2.30. The van der Waals surface area contributed by atoms with Crippen LogP contribution in [-0.2, 0) is 22.5 Å². The lowest BCUT2D eigenvalue weighted by atomic mass is 9.96. The molecular weight excluding hydrogens is 363 g/mol. The van der Waals surface area contributed by atoms with Gasteiger partial charge >= 0.3 is 0 Å². The number of rotatable bonds is 5. The number of nitrogens with zero attached hydrogens (tertiary/aromatic N) is 4. The lowest BCUT2D eigenvalue weighted by Gasteiger charge is -2.35. The van der Waals surface area contributed by atoms with Gasteiger partial charge in [0.1, 0.15) is 5.82 Å². The standard InChI is InChI=1S/C20H25FN4O3/c21-17-6-2-1-4-15(17)12-18-22-19(28-23-18)14-24-7-3-5-16(13-24)20(26)25-8-10-27-11-9-25/h1-2,4,6,16H,3,5,7-14H2/t16-/m0/s1. The second-order valence-corrected chi connectivity index (χ2v) is 7.38. The van der Waals surface area contributed by atoms with E-state index in [0.29, 0.717) is 63.1 Å². The van der Waals surface area contributed by atoms with Crippen LogP contribution in [0.25, 0.3) is 0 Å². The molecule has 1 aromatic carbocycles. The van der Waals surface area contributed by atoms with Gasteiger partial charge in [0.15, 0.2) is 5.82 Å². The summed E-state index contributed by atoms with van der Waals surface area (Å²) in [4.78, 5) is 21.3. The van der Waals surface area contributed by atoms with Crippen molar-refractivity contribution in [3.05, 3.63) is 47.4 Å². The van der Waals surface area contributed by atoms with Crippen LogP contribution in [0.1, 0.15) is 30.1 Å². The zero-order valence-corrected chi connectivity index (χ0v) is 15.8. The van der Waals surface area contributed by atoms with Crippen molar-refractivity contribution in [2.75, 3.05) is 39.4 Å². The Kier molecular flexibility index (Phi) is 5.97. The molecule has 2 aromatic rings. The Hall–Kier alpha value is -2.32. The minimum absolute atomic E-state index is 0.00709. The van der Waals surface area contributed by atoms with E-state index >= 15 is 0 Å². The average Bonchev–Trinajstić information content (AvgIpc) is 3.17. The molecule has 7 nitrogen and oxygen atoms in total. The summed E-state index contributed by atoms with van der Waals surface area (Å²) in [5.74, 6) is 0.935. The van der Waals surface area contributed by atoms with Gasteiger partial charge in [-0.1, -0.05) is 23.4 Å². The SMILES string of the molecule is O=C([C@H]1CCCN(Cc2nc(Cc3ccccc3F)no2)C1)N1CCOCC1. The van der Waals surface area contributed by atoms with Crippen LogP contribution in [0.3, 0.4) is 0 Å². The second-order valence-electron chi connectivity index (χ2n) is 7.38. The van der Waals surface area contributed by atoms with Crippen LogP contribution in [0.15, 0.2) is 28.8 Å². The Balaban J connectivity index is 1.33. The first-order chi connectivity index (χ1) is 13.7. The Morgan fingerprint density at radius 3 is 2.86 bits per heavy atom. The maximum absolute atomic E-state index is 13.8. The van der Waals surface area contributed by atoms with Gasteiger partial charge < -0.3 is 14.2 Å². The number of aromatic nitrogens is 2. The largest absolute Gasteiger partial charge is 0.378 e. The number of benzene rings is 1. The lowest BCUT2D eigenvalue weighted by molar-refractivity contribution is -0.141. The number of carbonyl (C=O) groups is 1. The normalized spacial score (nSPS) is 21.0. The smallest absolute Gasteiger partial charge is 0.240 e. The summed E-state index contributed by atoms with van der Waals surface area (Å²) in [6.45, 7) is 4.71. The van der Waals surface area contributed by atoms with Gasteiger partial charge in [-0.3, -0.25) is 9.69 Å². The van der Waals surface area contributed by atoms with Gasteiger partial charge in [0.25, 0.3) is 0 Å². The molecule has 1 aromatic heterocycles. The van der Waals surface area contributed by atoms with Gasteiger partial charge in [0, 0.05) is 26.1 Å². The molecule has 2 saturated heterocycles. The average molecular weight is 388 g/mol. The van der Waals surface area contributed by atoms with Gasteiger partial charge in [-0.05, 0) is 31.0 Å². The molecule has 0 N–H and O–H groups in total. The molecule has 0 radical (unpaired) electrons. The summed E-state index contributed by atoms with van der Waals surface area (Å²) in [6.07, 6.45) is 2.18. The number of halogens is 1. The van der Waals surface area contributed by atoms with E-state index in [1.807, 2.05) is 4.90 Å². The molecule has 150 valence electrons. The van der Waals surface area contributed by atoms with Crippen molar-refractivity contribution in [1.82, 2.24) is 19.9 Å². The van der Waals surface area contributed by atoms with Crippen molar-refractivity contribution in [1.29, 1.82) is 0 Å². The molecule has 0 aliphatic carbocycles. The molecule has 2 aliphatic rings. The van der Waals surface area contributed by atoms with Crippen molar-refractivity contribution in [2.45, 2.75) is 25.8 Å². The van der Waals surface area contributed by atoms with E-state index in [-0.39, 0.29) is 17.6 Å². The number of carbonyl (C=O) groups excluding carboxylic acids is 1. The summed E-state index contributed by atoms with van der Waals surface area (Å²) in [5, 5.41) is 3.98. The summed E-state index contributed by atoms with van der Waals surface area (Å²) in [6, 6.07) is 6.59. The van der Waals surface area contributed by atoms with Crippen molar-refractivity contribution in [3.8, 4) is 0 Å². The van der Waals surface area contributed by atoms with E-state index < -0.39 is 0 Å². The van der Waals surface area contributed by atoms with Gasteiger partial charge in [0.05, 0.1) is 25.7 Å². The third kappa shape index (κ3) is 4.56. The molecule has 8 heteroatoms. The first kappa shape index (κ1) is 19.0. The van der Waals surface area contributed by atoms with E-state index in [1.165, 1.54) is 6.07 Å². The van der Waals surface area contributed by atoms with Crippen LogP contribution in [0.2, 0.25) is 0 Å².